The molecule has 1 aliphatic heterocycles. The highest BCUT2D eigenvalue weighted by molar-refractivity contribution is 7.71. The van der Waals surface area contributed by atoms with Crippen LogP contribution in [0.4, 0.5) is 0 Å². The molecule has 3 heterocycles. The summed E-state index contributed by atoms with van der Waals surface area (Å²) in [6, 6.07) is 3.50. The minimum atomic E-state index is -0.462. The normalized spacial score (nSPS) is 15.1. The zero-order chi connectivity index (χ0) is 14.8. The summed E-state index contributed by atoms with van der Waals surface area (Å²) in [6.07, 6.45) is 8.12. The van der Waals surface area contributed by atoms with E-state index in [-0.39, 0.29) is 22.8 Å². The van der Waals surface area contributed by atoms with Crippen LogP contribution in [0.1, 0.15) is 11.3 Å². The molecule has 2 aromatic heterocycles. The highest BCUT2D eigenvalue weighted by Crippen LogP contribution is 2.19. The molecule has 106 valence electrons. The van der Waals surface area contributed by atoms with Crippen LogP contribution in [0.3, 0.4) is 0 Å². The number of nitrogens with one attached hydrogen (secondary N) is 1. The van der Waals surface area contributed by atoms with Crippen molar-refractivity contribution in [3.05, 3.63) is 62.7 Å². The Bertz CT molecular complexity index is 856. The van der Waals surface area contributed by atoms with Crippen LogP contribution >= 0.6 is 12.2 Å². The molecule has 0 saturated carbocycles. The third-order valence-electron chi connectivity index (χ3n) is 2.97. The number of aromatic nitrogens is 2. The molecule has 0 unspecified atom stereocenters. The van der Waals surface area contributed by atoms with Gasteiger partial charge in [-0.3, -0.25) is 19.3 Å². The highest BCUT2D eigenvalue weighted by atomic mass is 32.1. The van der Waals surface area contributed by atoms with E-state index in [4.69, 9.17) is 16.6 Å². The Balaban J connectivity index is 2.11. The van der Waals surface area contributed by atoms with Gasteiger partial charge in [0, 0.05) is 6.21 Å². The lowest BCUT2D eigenvalue weighted by atomic mass is 10.2. The molecule has 1 aliphatic rings. The summed E-state index contributed by atoms with van der Waals surface area (Å²) in [5.74, 6) is 0.397. The molecule has 0 bridgehead atoms. The predicted molar refractivity (Wildman–Crippen MR) is 81.0 cm³/mol. The maximum atomic E-state index is 12.0. The summed E-state index contributed by atoms with van der Waals surface area (Å²) < 4.78 is 6.75. The van der Waals surface area contributed by atoms with Crippen LogP contribution in [0.5, 0.6) is 5.88 Å². The van der Waals surface area contributed by atoms with Crippen LogP contribution in [0.15, 0.2) is 50.4 Å². The number of H-pyrrole nitrogens is 1. The summed E-state index contributed by atoms with van der Waals surface area (Å²) in [5, 5.41) is 10.3. The summed E-state index contributed by atoms with van der Waals surface area (Å²) in [4.78, 5) is 18.5. The van der Waals surface area contributed by atoms with Gasteiger partial charge in [0.15, 0.2) is 4.77 Å². The fraction of sp³-hybridized carbons (Fsp3) is 0.0714. The van der Waals surface area contributed by atoms with E-state index in [0.717, 1.165) is 0 Å². The van der Waals surface area contributed by atoms with Crippen molar-refractivity contribution in [3.8, 4) is 5.88 Å². The number of furan rings is 1. The van der Waals surface area contributed by atoms with Gasteiger partial charge in [0.25, 0.3) is 5.56 Å². The first-order chi connectivity index (χ1) is 10.1. The Labute approximate surface area is 124 Å². The van der Waals surface area contributed by atoms with Gasteiger partial charge in [0.2, 0.25) is 5.88 Å². The first-order valence-corrected chi connectivity index (χ1v) is 6.57. The molecule has 6 nitrogen and oxygen atoms in total. The standard InChI is InChI=1S/C14H11N3O3S/c18-12-11(7-9-3-1-5-15-9)13(19)17(14(21)16-12)8-10-4-2-6-20-10/h1-7,19H,8H2,(H,16,18,21)/b9-7+. The zero-order valence-electron chi connectivity index (χ0n) is 10.8. The van der Waals surface area contributed by atoms with Crippen molar-refractivity contribution in [2.24, 2.45) is 4.99 Å². The molecule has 21 heavy (non-hydrogen) atoms. The summed E-state index contributed by atoms with van der Waals surface area (Å²) >= 11 is 5.08. The number of rotatable bonds is 3. The smallest absolute Gasteiger partial charge is 0.262 e. The van der Waals surface area contributed by atoms with Crippen molar-refractivity contribution in [2.45, 2.75) is 6.54 Å². The van der Waals surface area contributed by atoms with E-state index in [0.29, 0.717) is 11.5 Å². The topological polar surface area (TPSA) is 83.5 Å². The SMILES string of the molecule is O=c1[nH]c(=S)n(Cc2ccco2)c(O)c1/C=C1\C=CC=N1. The van der Waals surface area contributed by atoms with Crippen molar-refractivity contribution in [3.63, 3.8) is 0 Å². The Morgan fingerprint density at radius 1 is 1.52 bits per heavy atom. The van der Waals surface area contributed by atoms with Gasteiger partial charge in [-0.2, -0.15) is 0 Å². The van der Waals surface area contributed by atoms with Crippen molar-refractivity contribution in [1.82, 2.24) is 9.55 Å². The quantitative estimate of drug-likeness (QED) is 0.852. The molecule has 2 N–H and O–H groups in total. The summed E-state index contributed by atoms with van der Waals surface area (Å²) in [5.41, 5.74) is 0.225. The van der Waals surface area contributed by atoms with Gasteiger partial charge in [-0.25, -0.2) is 0 Å². The number of aromatic amines is 1. The molecule has 3 rings (SSSR count). The molecule has 0 amide bonds. The lowest BCUT2D eigenvalue weighted by molar-refractivity contribution is 0.396. The molecule has 2 aromatic rings. The minimum absolute atomic E-state index is 0.105. The lowest BCUT2D eigenvalue weighted by Gasteiger charge is -2.09. The molecule has 0 aliphatic carbocycles. The van der Waals surface area contributed by atoms with Crippen LogP contribution in [-0.2, 0) is 6.54 Å². The number of aromatic hydroxyl groups is 1. The Morgan fingerprint density at radius 2 is 2.38 bits per heavy atom. The van der Waals surface area contributed by atoms with E-state index in [1.54, 1.807) is 30.5 Å². The van der Waals surface area contributed by atoms with Gasteiger partial charge >= 0.3 is 0 Å². The Morgan fingerprint density at radius 3 is 3.05 bits per heavy atom. The van der Waals surface area contributed by atoms with E-state index in [1.807, 2.05) is 0 Å². The average Bonchev–Trinajstić information content (AvgIpc) is 3.13. The van der Waals surface area contributed by atoms with E-state index in [1.165, 1.54) is 16.9 Å². The van der Waals surface area contributed by atoms with Gasteiger partial charge in [-0.05, 0) is 42.6 Å². The third kappa shape index (κ3) is 2.63. The van der Waals surface area contributed by atoms with Crippen LogP contribution in [0, 0.1) is 4.77 Å². The molecular formula is C14H11N3O3S. The van der Waals surface area contributed by atoms with E-state index >= 15 is 0 Å². The largest absolute Gasteiger partial charge is 0.494 e. The van der Waals surface area contributed by atoms with Gasteiger partial charge in [-0.1, -0.05) is 0 Å². The average molecular weight is 301 g/mol. The van der Waals surface area contributed by atoms with Crippen LogP contribution in [-0.4, -0.2) is 20.9 Å². The van der Waals surface area contributed by atoms with Gasteiger partial charge in [0.05, 0.1) is 18.5 Å². The molecule has 0 fully saturated rings. The fourth-order valence-corrected chi connectivity index (χ4v) is 2.20. The Hall–Kier alpha value is -2.67. The molecule has 0 radical (unpaired) electrons. The fourth-order valence-electron chi connectivity index (χ4n) is 1.96. The van der Waals surface area contributed by atoms with E-state index in [9.17, 15) is 9.90 Å². The molecule has 0 aromatic carbocycles. The zero-order valence-corrected chi connectivity index (χ0v) is 11.6. The molecule has 0 saturated heterocycles. The van der Waals surface area contributed by atoms with Crippen molar-refractivity contribution >= 4 is 24.5 Å². The Kier molecular flexibility index (Phi) is 3.41. The van der Waals surface area contributed by atoms with Gasteiger partial charge < -0.3 is 9.52 Å². The van der Waals surface area contributed by atoms with Crippen LogP contribution < -0.4 is 5.56 Å². The third-order valence-corrected chi connectivity index (χ3v) is 3.29. The monoisotopic (exact) mass is 301 g/mol. The van der Waals surface area contributed by atoms with E-state index in [2.05, 4.69) is 9.98 Å². The lowest BCUT2D eigenvalue weighted by Crippen LogP contribution is -2.17. The molecular weight excluding hydrogens is 290 g/mol. The summed E-state index contributed by atoms with van der Waals surface area (Å²) in [7, 11) is 0. The first kappa shape index (κ1) is 13.3. The number of nitrogens with zero attached hydrogens (tertiary/aromatic N) is 2. The second kappa shape index (κ2) is 5.37. The maximum absolute atomic E-state index is 12.0. The minimum Gasteiger partial charge on any atom is -0.494 e. The predicted octanol–water partition coefficient (Wildman–Crippen LogP) is 2.23. The number of allylic oxidation sites excluding steroid dienone is 2. The van der Waals surface area contributed by atoms with Crippen LogP contribution in [0.25, 0.3) is 6.08 Å². The second-order valence-corrected chi connectivity index (χ2v) is 4.76. The maximum Gasteiger partial charge on any atom is 0.262 e. The molecule has 0 atom stereocenters. The first-order valence-electron chi connectivity index (χ1n) is 6.16. The second-order valence-electron chi connectivity index (χ2n) is 4.37. The van der Waals surface area contributed by atoms with E-state index < -0.39 is 5.56 Å². The van der Waals surface area contributed by atoms with Crippen molar-refractivity contribution in [2.75, 3.05) is 0 Å². The number of hydrogen-bond donors (Lipinski definition) is 2. The van der Waals surface area contributed by atoms with Crippen molar-refractivity contribution < 1.29 is 9.52 Å². The summed E-state index contributed by atoms with van der Waals surface area (Å²) in [6.45, 7) is 0.226. The van der Waals surface area contributed by atoms with Crippen LogP contribution in [0.2, 0.25) is 0 Å². The highest BCUT2D eigenvalue weighted by Gasteiger charge is 2.13. The van der Waals surface area contributed by atoms with Crippen molar-refractivity contribution in [1.29, 1.82) is 0 Å². The molecule has 7 heteroatoms. The number of hydrogen-bond acceptors (Lipinski definition) is 5. The van der Waals surface area contributed by atoms with Gasteiger partial charge in [-0.15, -0.1) is 0 Å². The van der Waals surface area contributed by atoms with Gasteiger partial charge in [0.1, 0.15) is 11.3 Å². The molecule has 0 spiro atoms. The number of aliphatic imine (C=N–C) groups is 1.